The molecule has 0 saturated carbocycles. The van der Waals surface area contributed by atoms with Crippen molar-refractivity contribution in [3.63, 3.8) is 0 Å². The highest BCUT2D eigenvalue weighted by Gasteiger charge is 2.21. The number of aromatic amines is 1. The van der Waals surface area contributed by atoms with Crippen molar-refractivity contribution in [3.8, 4) is 11.6 Å². The number of aromatic nitrogens is 2. The molecule has 9 nitrogen and oxygen atoms in total. The summed E-state index contributed by atoms with van der Waals surface area (Å²) in [5.74, 6) is -0.319. The Bertz CT molecular complexity index is 1360. The number of nitrogens with one attached hydrogen (secondary N) is 2. The van der Waals surface area contributed by atoms with Crippen LogP contribution in [0.15, 0.2) is 57.0 Å². The molecule has 1 aliphatic heterocycles. The van der Waals surface area contributed by atoms with E-state index < -0.39 is 17.1 Å². The number of aliphatic imine (C=N–C) groups is 1. The van der Waals surface area contributed by atoms with E-state index in [0.29, 0.717) is 22.9 Å². The first-order valence-corrected chi connectivity index (χ1v) is 12.2. The first kappa shape index (κ1) is 25.7. The number of nitrogens with zero attached hydrogens (tertiary/aromatic N) is 3. The van der Waals surface area contributed by atoms with Crippen LogP contribution in [0.2, 0.25) is 5.02 Å². The van der Waals surface area contributed by atoms with Crippen molar-refractivity contribution in [1.82, 2.24) is 14.5 Å². The number of benzene rings is 2. The molecule has 3 aromatic rings. The van der Waals surface area contributed by atoms with Crippen molar-refractivity contribution >= 4 is 23.1 Å². The van der Waals surface area contributed by atoms with Gasteiger partial charge < -0.3 is 15.2 Å². The van der Waals surface area contributed by atoms with Gasteiger partial charge in [0.25, 0.3) is 5.56 Å². The second-order valence-electron chi connectivity index (χ2n) is 8.75. The Kier molecular flexibility index (Phi) is 8.25. The lowest BCUT2D eigenvalue weighted by Gasteiger charge is -2.26. The lowest BCUT2D eigenvalue weighted by atomic mass is 10.1. The van der Waals surface area contributed by atoms with Gasteiger partial charge in [0.05, 0.1) is 18.9 Å². The zero-order valence-corrected chi connectivity index (χ0v) is 21.1. The summed E-state index contributed by atoms with van der Waals surface area (Å²) in [5, 5.41) is 14.9. The van der Waals surface area contributed by atoms with E-state index in [1.165, 1.54) is 0 Å². The number of ether oxygens (including phenoxy) is 1. The van der Waals surface area contributed by atoms with Crippen LogP contribution in [-0.4, -0.2) is 64.8 Å². The topological polar surface area (TPSA) is 112 Å². The molecule has 0 radical (unpaired) electrons. The van der Waals surface area contributed by atoms with Crippen LogP contribution in [0.3, 0.4) is 0 Å². The fourth-order valence-electron chi connectivity index (χ4n) is 4.18. The van der Waals surface area contributed by atoms with E-state index in [9.17, 15) is 14.7 Å². The number of hydrogen-bond donors (Lipinski definition) is 3. The van der Waals surface area contributed by atoms with Gasteiger partial charge in [-0.15, -0.1) is 0 Å². The van der Waals surface area contributed by atoms with Gasteiger partial charge in [-0.3, -0.25) is 19.7 Å². The Labute approximate surface area is 214 Å². The quantitative estimate of drug-likeness (QED) is 0.255. The number of rotatable bonds is 7. The fraction of sp³-hybridized carbons (Fsp3) is 0.346. The Morgan fingerprint density at radius 3 is 2.56 bits per heavy atom. The minimum atomic E-state index is -0.730. The third-order valence-electron chi connectivity index (χ3n) is 6.03. The van der Waals surface area contributed by atoms with E-state index in [-0.39, 0.29) is 11.4 Å². The molecule has 1 aliphatic rings. The maximum atomic E-state index is 13.0. The zero-order valence-electron chi connectivity index (χ0n) is 20.4. The Balaban J connectivity index is 1.72. The second kappa shape index (κ2) is 11.6. The van der Waals surface area contributed by atoms with E-state index in [1.807, 2.05) is 26.0 Å². The number of morpholine rings is 1. The summed E-state index contributed by atoms with van der Waals surface area (Å²) in [7, 11) is 0. The van der Waals surface area contributed by atoms with Gasteiger partial charge in [-0.1, -0.05) is 29.3 Å². The second-order valence-corrected chi connectivity index (χ2v) is 9.19. The molecule has 1 saturated heterocycles. The van der Waals surface area contributed by atoms with Gasteiger partial charge in [0, 0.05) is 36.9 Å². The molecule has 10 heteroatoms. The zero-order chi connectivity index (χ0) is 25.7. The number of halogens is 1. The monoisotopic (exact) mass is 511 g/mol. The highest BCUT2D eigenvalue weighted by Crippen LogP contribution is 2.22. The third-order valence-corrected chi connectivity index (χ3v) is 6.28. The summed E-state index contributed by atoms with van der Waals surface area (Å²) in [6.07, 6.45) is 0.751. The summed E-state index contributed by atoms with van der Waals surface area (Å²) >= 11 is 6.02. The SMILES string of the molecule is Cc1ccc(-n2c(O)c(C(=NCCCN3CCOCC3)Nc3ccc(Cl)cc3)c(=O)[nH]c2=O)c(C)c1. The van der Waals surface area contributed by atoms with E-state index in [0.717, 1.165) is 55.0 Å². The van der Waals surface area contributed by atoms with Gasteiger partial charge in [0.2, 0.25) is 5.88 Å². The number of aryl methyl sites for hydroxylation is 2. The first-order chi connectivity index (χ1) is 17.3. The van der Waals surface area contributed by atoms with E-state index >= 15 is 0 Å². The van der Waals surface area contributed by atoms with Crippen LogP contribution in [0, 0.1) is 13.8 Å². The summed E-state index contributed by atoms with van der Waals surface area (Å²) in [6.45, 7) is 8.22. The van der Waals surface area contributed by atoms with Gasteiger partial charge in [0.1, 0.15) is 11.4 Å². The van der Waals surface area contributed by atoms with Gasteiger partial charge in [-0.25, -0.2) is 9.36 Å². The lowest BCUT2D eigenvalue weighted by molar-refractivity contribution is 0.0377. The van der Waals surface area contributed by atoms with Gasteiger partial charge in [-0.2, -0.15) is 0 Å². The van der Waals surface area contributed by atoms with Crippen LogP contribution in [0.4, 0.5) is 5.69 Å². The molecule has 0 unspecified atom stereocenters. The average Bonchev–Trinajstić information content (AvgIpc) is 2.84. The molecule has 0 spiro atoms. The molecule has 1 fully saturated rings. The van der Waals surface area contributed by atoms with E-state index in [4.69, 9.17) is 16.3 Å². The van der Waals surface area contributed by atoms with E-state index in [2.05, 4.69) is 20.2 Å². The van der Waals surface area contributed by atoms with Crippen LogP contribution < -0.4 is 16.6 Å². The smallest absolute Gasteiger partial charge is 0.335 e. The van der Waals surface area contributed by atoms with Crippen molar-refractivity contribution in [1.29, 1.82) is 0 Å². The molecule has 0 aliphatic carbocycles. The van der Waals surface area contributed by atoms with Crippen LogP contribution in [0.5, 0.6) is 5.88 Å². The summed E-state index contributed by atoms with van der Waals surface area (Å²) in [6, 6.07) is 12.4. The van der Waals surface area contributed by atoms with Crippen molar-refractivity contribution in [2.75, 3.05) is 44.7 Å². The largest absolute Gasteiger partial charge is 0.493 e. The number of aromatic hydroxyl groups is 1. The molecule has 0 atom stereocenters. The highest BCUT2D eigenvalue weighted by atomic mass is 35.5. The normalized spacial score (nSPS) is 14.7. The lowest BCUT2D eigenvalue weighted by Crippen LogP contribution is -2.37. The predicted octanol–water partition coefficient (Wildman–Crippen LogP) is 3.08. The van der Waals surface area contributed by atoms with Crippen molar-refractivity contribution in [2.24, 2.45) is 4.99 Å². The minimum absolute atomic E-state index is 0.115. The van der Waals surface area contributed by atoms with Gasteiger partial charge >= 0.3 is 5.69 Å². The molecular weight excluding hydrogens is 482 g/mol. The van der Waals surface area contributed by atoms with Gasteiger partial charge in [0.15, 0.2) is 0 Å². The molecule has 2 aromatic carbocycles. The predicted molar refractivity (Wildman–Crippen MR) is 142 cm³/mol. The molecule has 36 heavy (non-hydrogen) atoms. The van der Waals surface area contributed by atoms with Crippen molar-refractivity contribution < 1.29 is 9.84 Å². The van der Waals surface area contributed by atoms with E-state index in [1.54, 1.807) is 30.3 Å². The van der Waals surface area contributed by atoms with Gasteiger partial charge in [-0.05, 0) is 56.2 Å². The maximum absolute atomic E-state index is 13.0. The number of hydrogen-bond acceptors (Lipinski definition) is 6. The number of amidine groups is 1. The Hall–Kier alpha value is -3.40. The Morgan fingerprint density at radius 2 is 1.86 bits per heavy atom. The maximum Gasteiger partial charge on any atom is 0.335 e. The summed E-state index contributed by atoms with van der Waals surface area (Å²) in [4.78, 5) is 35.0. The fourth-order valence-corrected chi connectivity index (χ4v) is 4.31. The van der Waals surface area contributed by atoms with Crippen LogP contribution in [0.25, 0.3) is 5.69 Å². The summed E-state index contributed by atoms with van der Waals surface area (Å²) < 4.78 is 6.49. The van der Waals surface area contributed by atoms with Crippen LogP contribution in [0.1, 0.15) is 23.1 Å². The van der Waals surface area contributed by atoms with Crippen LogP contribution in [-0.2, 0) is 4.74 Å². The summed E-state index contributed by atoms with van der Waals surface area (Å²) in [5.41, 5.74) is 1.32. The number of anilines is 1. The van der Waals surface area contributed by atoms with Crippen molar-refractivity contribution in [2.45, 2.75) is 20.3 Å². The van der Waals surface area contributed by atoms with Crippen molar-refractivity contribution in [3.05, 3.63) is 85.0 Å². The molecule has 3 N–H and O–H groups in total. The molecular formula is C26H30ClN5O4. The molecule has 2 heterocycles. The third kappa shape index (κ3) is 6.04. The number of H-pyrrole nitrogens is 1. The van der Waals surface area contributed by atoms with Crippen LogP contribution >= 0.6 is 11.6 Å². The highest BCUT2D eigenvalue weighted by molar-refractivity contribution is 6.30. The molecule has 0 bridgehead atoms. The Morgan fingerprint density at radius 1 is 1.14 bits per heavy atom. The molecule has 4 rings (SSSR count). The molecule has 0 amide bonds. The minimum Gasteiger partial charge on any atom is -0.493 e. The molecule has 1 aromatic heterocycles. The standard InChI is InChI=1S/C26H30ClN5O4/c1-17-4-9-21(18(2)16-17)32-25(34)22(24(33)30-26(32)35)23(29-20-7-5-19(27)6-8-20)28-10-3-11-31-12-14-36-15-13-31/h4-9,16,34H,3,10-15H2,1-2H3,(H,28,29)(H,30,33,35). The average molecular weight is 512 g/mol. The molecule has 190 valence electrons. The first-order valence-electron chi connectivity index (χ1n) is 11.9.